The van der Waals surface area contributed by atoms with E-state index >= 15 is 0 Å². The fourth-order valence-corrected chi connectivity index (χ4v) is 4.29. The number of benzene rings is 1. The number of nitrogens with one attached hydrogen (secondary N) is 2. The second kappa shape index (κ2) is 9.60. The molecule has 0 saturated carbocycles. The maximum atomic E-state index is 13.3. The maximum Gasteiger partial charge on any atom is 0.435 e. The van der Waals surface area contributed by atoms with Crippen LogP contribution in [-0.2, 0) is 12.4 Å². The lowest BCUT2D eigenvalue weighted by Gasteiger charge is -2.16. The van der Waals surface area contributed by atoms with Gasteiger partial charge < -0.3 is 10.6 Å². The van der Waals surface area contributed by atoms with Gasteiger partial charge >= 0.3 is 12.4 Å². The van der Waals surface area contributed by atoms with E-state index in [1.54, 1.807) is 26.8 Å². The number of aryl methyl sites for hydroxylation is 1. The first-order chi connectivity index (χ1) is 16.1. The van der Waals surface area contributed by atoms with Gasteiger partial charge in [-0.25, -0.2) is 4.98 Å². The molecule has 0 spiro atoms. The molecule has 0 radical (unpaired) electrons. The third kappa shape index (κ3) is 6.01. The van der Waals surface area contributed by atoms with E-state index in [1.165, 1.54) is 6.07 Å². The number of nitrogens with zero attached hydrogens (tertiary/aromatic N) is 3. The molecule has 0 fully saturated rings. The van der Waals surface area contributed by atoms with Crippen molar-refractivity contribution in [3.05, 3.63) is 56.3 Å². The van der Waals surface area contributed by atoms with Crippen LogP contribution in [0.3, 0.4) is 0 Å². The predicted molar refractivity (Wildman–Crippen MR) is 119 cm³/mol. The molecule has 2 N–H and O–H groups in total. The molecule has 35 heavy (non-hydrogen) atoms. The van der Waals surface area contributed by atoms with Crippen molar-refractivity contribution in [3.63, 3.8) is 0 Å². The van der Waals surface area contributed by atoms with Gasteiger partial charge in [0.25, 0.3) is 11.8 Å². The minimum Gasteiger partial charge on any atom is -0.350 e. The Hall–Kier alpha value is -2.94. The number of carbonyl (C=O) groups excluding carboxylic acids is 2. The van der Waals surface area contributed by atoms with E-state index in [9.17, 15) is 35.9 Å². The highest BCUT2D eigenvalue weighted by Gasteiger charge is 2.38. The van der Waals surface area contributed by atoms with E-state index < -0.39 is 46.4 Å². The van der Waals surface area contributed by atoms with Gasteiger partial charge in [-0.15, -0.1) is 11.3 Å². The molecule has 0 unspecified atom stereocenters. The summed E-state index contributed by atoms with van der Waals surface area (Å²) in [6.07, 6.45) is -9.83. The molecule has 7 nitrogen and oxygen atoms in total. The molecule has 2 amide bonds. The summed E-state index contributed by atoms with van der Waals surface area (Å²) in [5.41, 5.74) is -3.14. The lowest BCUT2D eigenvalue weighted by molar-refractivity contribution is -0.142. The molecule has 2 heterocycles. The standard InChI is InChI=1S/C20H16BrF6N5O2S/c1-8(2)28-16(33)11-5-10(21)4-9(3)15(11)30-17(34)12-6-13(19(22,23)24)31-32(12)18-29-14(7-35-18)20(25,26)27/h4-8H,1-3H3,(H,28,33)(H,30,34). The molecule has 3 rings (SSSR count). The molecular weight excluding hydrogens is 568 g/mol. The minimum atomic E-state index is -4.99. The van der Waals surface area contributed by atoms with Crippen LogP contribution in [0.1, 0.15) is 51.6 Å². The third-order valence-electron chi connectivity index (χ3n) is 4.40. The van der Waals surface area contributed by atoms with Crippen molar-refractivity contribution in [1.29, 1.82) is 0 Å². The van der Waals surface area contributed by atoms with Crippen molar-refractivity contribution in [2.24, 2.45) is 0 Å². The highest BCUT2D eigenvalue weighted by Crippen LogP contribution is 2.34. The average Bonchev–Trinajstić information content (AvgIpc) is 3.35. The van der Waals surface area contributed by atoms with Crippen molar-refractivity contribution in [2.75, 3.05) is 5.32 Å². The number of anilines is 1. The fraction of sp³-hybridized carbons (Fsp3) is 0.300. The number of halogens is 7. The molecule has 15 heteroatoms. The number of rotatable bonds is 5. The number of amides is 2. The van der Waals surface area contributed by atoms with E-state index in [-0.39, 0.29) is 17.3 Å². The molecule has 0 bridgehead atoms. The normalized spacial score (nSPS) is 12.2. The second-order valence-electron chi connectivity index (χ2n) is 7.56. The number of carbonyl (C=O) groups is 2. The summed E-state index contributed by atoms with van der Waals surface area (Å²) >= 11 is 3.61. The van der Waals surface area contributed by atoms with Crippen LogP contribution in [0.5, 0.6) is 0 Å². The van der Waals surface area contributed by atoms with E-state index in [1.807, 2.05) is 0 Å². The van der Waals surface area contributed by atoms with Crippen molar-refractivity contribution < 1.29 is 35.9 Å². The molecule has 0 aliphatic carbocycles. The first-order valence-electron chi connectivity index (χ1n) is 9.70. The Morgan fingerprint density at radius 1 is 1.03 bits per heavy atom. The molecule has 0 atom stereocenters. The van der Waals surface area contributed by atoms with Crippen molar-refractivity contribution in [1.82, 2.24) is 20.1 Å². The van der Waals surface area contributed by atoms with E-state index in [0.29, 0.717) is 37.5 Å². The quantitative estimate of drug-likeness (QED) is 0.370. The van der Waals surface area contributed by atoms with Gasteiger partial charge in [0.15, 0.2) is 11.4 Å². The lowest BCUT2D eigenvalue weighted by Crippen LogP contribution is -2.31. The van der Waals surface area contributed by atoms with Gasteiger partial charge in [-0.3, -0.25) is 9.59 Å². The number of hydrogen-bond donors (Lipinski definition) is 2. The molecule has 1 aromatic carbocycles. The Bertz CT molecular complexity index is 1280. The zero-order valence-electron chi connectivity index (χ0n) is 18.1. The minimum absolute atomic E-state index is 0.00720. The SMILES string of the molecule is Cc1cc(Br)cc(C(=O)NC(C)C)c1NC(=O)c1cc(C(F)(F)F)nn1-c1nc(C(F)(F)F)cs1. The van der Waals surface area contributed by atoms with Gasteiger partial charge in [0, 0.05) is 22.0 Å². The Morgan fingerprint density at radius 2 is 1.66 bits per heavy atom. The first kappa shape index (κ1) is 26.7. The van der Waals surface area contributed by atoms with Gasteiger partial charge in [-0.05, 0) is 38.5 Å². The average molecular weight is 584 g/mol. The summed E-state index contributed by atoms with van der Waals surface area (Å²) in [5, 5.41) is 8.32. The fourth-order valence-electron chi connectivity index (χ4n) is 2.92. The smallest absolute Gasteiger partial charge is 0.350 e. The second-order valence-corrected chi connectivity index (χ2v) is 9.32. The monoisotopic (exact) mass is 583 g/mol. The summed E-state index contributed by atoms with van der Waals surface area (Å²) in [6, 6.07) is 3.12. The van der Waals surface area contributed by atoms with Crippen LogP contribution in [0.2, 0.25) is 0 Å². The van der Waals surface area contributed by atoms with Crippen LogP contribution in [0.15, 0.2) is 28.1 Å². The summed E-state index contributed by atoms with van der Waals surface area (Å²) in [4.78, 5) is 29.0. The Morgan fingerprint density at radius 3 is 2.20 bits per heavy atom. The van der Waals surface area contributed by atoms with E-state index in [4.69, 9.17) is 0 Å². The van der Waals surface area contributed by atoms with Crippen LogP contribution in [0, 0.1) is 6.92 Å². The molecule has 188 valence electrons. The highest BCUT2D eigenvalue weighted by atomic mass is 79.9. The highest BCUT2D eigenvalue weighted by molar-refractivity contribution is 9.10. The van der Waals surface area contributed by atoms with Crippen molar-refractivity contribution >= 4 is 44.8 Å². The summed E-state index contributed by atoms with van der Waals surface area (Å²) in [7, 11) is 0. The molecule has 2 aromatic heterocycles. The van der Waals surface area contributed by atoms with Crippen LogP contribution in [0.4, 0.5) is 32.0 Å². The number of thiazole rings is 1. The zero-order valence-corrected chi connectivity index (χ0v) is 20.5. The van der Waals surface area contributed by atoms with Gasteiger partial charge in [0.05, 0.1) is 11.3 Å². The molecule has 3 aromatic rings. The Balaban J connectivity index is 2.08. The zero-order chi connectivity index (χ0) is 26.3. The first-order valence-corrected chi connectivity index (χ1v) is 11.4. The topological polar surface area (TPSA) is 88.9 Å². The number of alkyl halides is 6. The Kier molecular flexibility index (Phi) is 7.32. The van der Waals surface area contributed by atoms with Crippen LogP contribution >= 0.6 is 27.3 Å². The van der Waals surface area contributed by atoms with Gasteiger partial charge in [0.1, 0.15) is 5.69 Å². The largest absolute Gasteiger partial charge is 0.435 e. The van der Waals surface area contributed by atoms with Crippen LogP contribution in [0.25, 0.3) is 5.13 Å². The van der Waals surface area contributed by atoms with Gasteiger partial charge in [0.2, 0.25) is 5.13 Å². The van der Waals surface area contributed by atoms with Gasteiger partial charge in [-0.2, -0.15) is 36.1 Å². The molecular formula is C20H16BrF6N5O2S. The summed E-state index contributed by atoms with van der Waals surface area (Å²) < 4.78 is 79.7. The van der Waals surface area contributed by atoms with Crippen molar-refractivity contribution in [3.8, 4) is 5.13 Å². The number of aromatic nitrogens is 3. The predicted octanol–water partition coefficient (Wildman–Crippen LogP) is 5.83. The molecule has 0 saturated heterocycles. The van der Waals surface area contributed by atoms with Crippen LogP contribution < -0.4 is 10.6 Å². The maximum absolute atomic E-state index is 13.3. The summed E-state index contributed by atoms with van der Waals surface area (Å²) in [6.45, 7) is 4.98. The third-order valence-corrected chi connectivity index (χ3v) is 5.67. The van der Waals surface area contributed by atoms with Gasteiger partial charge in [-0.1, -0.05) is 15.9 Å². The van der Waals surface area contributed by atoms with Crippen LogP contribution in [-0.4, -0.2) is 32.6 Å². The van der Waals surface area contributed by atoms with E-state index in [2.05, 4.69) is 36.6 Å². The molecule has 0 aliphatic rings. The number of hydrogen-bond acceptors (Lipinski definition) is 5. The molecule has 0 aliphatic heterocycles. The van der Waals surface area contributed by atoms with E-state index in [0.717, 1.165) is 0 Å². The van der Waals surface area contributed by atoms with Crippen molar-refractivity contribution in [2.45, 2.75) is 39.2 Å². The summed E-state index contributed by atoms with van der Waals surface area (Å²) in [5.74, 6) is -1.69. The lowest BCUT2D eigenvalue weighted by atomic mass is 10.1. The Labute approximate surface area is 206 Å².